The fourth-order valence-corrected chi connectivity index (χ4v) is 2.47. The van der Waals surface area contributed by atoms with Crippen LogP contribution < -0.4 is 4.72 Å². The number of ether oxygens (including phenoxy) is 1. The lowest BCUT2D eigenvalue weighted by molar-refractivity contribution is 0.0313. The molecule has 2 rings (SSSR count). The van der Waals surface area contributed by atoms with E-state index in [4.69, 9.17) is 4.74 Å². The van der Waals surface area contributed by atoms with Crippen molar-refractivity contribution >= 4 is 27.5 Å². The molecule has 126 valence electrons. The summed E-state index contributed by atoms with van der Waals surface area (Å²) in [5.74, 6) is -1.09. The number of hydrogen-bond donors (Lipinski definition) is 1. The molecule has 0 saturated heterocycles. The van der Waals surface area contributed by atoms with E-state index in [0.29, 0.717) is 11.3 Å². The van der Waals surface area contributed by atoms with E-state index < -0.39 is 27.9 Å². The third-order valence-corrected chi connectivity index (χ3v) is 3.61. The summed E-state index contributed by atoms with van der Waals surface area (Å²) < 4.78 is 29.7. The lowest BCUT2D eigenvalue weighted by Gasteiger charge is -2.12. The van der Waals surface area contributed by atoms with Gasteiger partial charge in [-0.05, 0) is 43.3 Å². The van der Waals surface area contributed by atoms with Crippen LogP contribution in [0.4, 0.5) is 5.69 Å². The number of aromatic nitrogens is 1. The van der Waals surface area contributed by atoms with Crippen LogP contribution in [0, 0.1) is 0 Å². The Balaban J connectivity index is 2.04. The van der Waals surface area contributed by atoms with Crippen LogP contribution in [0.15, 0.2) is 48.7 Å². The topological polar surface area (TPSA) is 102 Å². The van der Waals surface area contributed by atoms with Crippen molar-refractivity contribution < 1.29 is 22.7 Å². The van der Waals surface area contributed by atoms with E-state index in [9.17, 15) is 18.0 Å². The van der Waals surface area contributed by atoms with Gasteiger partial charge < -0.3 is 4.74 Å². The van der Waals surface area contributed by atoms with Crippen molar-refractivity contribution in [2.45, 2.75) is 13.0 Å². The highest BCUT2D eigenvalue weighted by molar-refractivity contribution is 7.92. The Bertz CT molecular complexity index is 833. The highest BCUT2D eigenvalue weighted by Crippen LogP contribution is 2.14. The fourth-order valence-electron chi connectivity index (χ4n) is 1.91. The van der Waals surface area contributed by atoms with Gasteiger partial charge in [-0.1, -0.05) is 6.07 Å². The molecule has 7 nitrogen and oxygen atoms in total. The van der Waals surface area contributed by atoms with Crippen molar-refractivity contribution in [1.29, 1.82) is 0 Å². The number of anilines is 1. The number of nitrogens with one attached hydrogen (secondary N) is 1. The van der Waals surface area contributed by atoms with E-state index in [1.807, 2.05) is 0 Å². The van der Waals surface area contributed by atoms with Gasteiger partial charge in [-0.25, -0.2) is 18.2 Å². The maximum atomic E-state index is 12.3. The van der Waals surface area contributed by atoms with Crippen LogP contribution >= 0.6 is 0 Å². The molecule has 24 heavy (non-hydrogen) atoms. The summed E-state index contributed by atoms with van der Waals surface area (Å²) in [6, 6.07) is 10.6. The normalized spacial score (nSPS) is 12.2. The van der Waals surface area contributed by atoms with Crippen LogP contribution in [0.5, 0.6) is 0 Å². The Morgan fingerprint density at radius 3 is 2.33 bits per heavy atom. The van der Waals surface area contributed by atoms with Crippen LogP contribution in [-0.2, 0) is 14.8 Å². The Labute approximate surface area is 139 Å². The van der Waals surface area contributed by atoms with Crippen LogP contribution in [0.3, 0.4) is 0 Å². The van der Waals surface area contributed by atoms with Crippen molar-refractivity contribution in [3.8, 4) is 0 Å². The molecule has 0 radical (unpaired) electrons. The maximum Gasteiger partial charge on any atom is 0.357 e. The Morgan fingerprint density at radius 2 is 1.79 bits per heavy atom. The van der Waals surface area contributed by atoms with Gasteiger partial charge in [-0.2, -0.15) is 0 Å². The van der Waals surface area contributed by atoms with Crippen molar-refractivity contribution in [3.63, 3.8) is 0 Å². The molecular weight excluding hydrogens is 332 g/mol. The van der Waals surface area contributed by atoms with Crippen molar-refractivity contribution in [2.24, 2.45) is 0 Å². The molecule has 0 unspecified atom stereocenters. The van der Waals surface area contributed by atoms with Crippen LogP contribution in [0.1, 0.15) is 27.8 Å². The van der Waals surface area contributed by atoms with E-state index in [2.05, 4.69) is 9.71 Å². The van der Waals surface area contributed by atoms with E-state index in [0.717, 1.165) is 6.26 Å². The van der Waals surface area contributed by atoms with Gasteiger partial charge in [0.25, 0.3) is 0 Å². The largest absolute Gasteiger partial charge is 0.450 e. The number of carbonyl (C=O) groups is 2. The van der Waals surface area contributed by atoms with E-state index in [-0.39, 0.29) is 5.69 Å². The molecule has 0 fully saturated rings. The SMILES string of the molecule is C[C@H](OC(=O)c1ccccn1)C(=O)c1ccc(NS(C)(=O)=O)cc1. The minimum absolute atomic E-state index is 0.116. The Morgan fingerprint density at radius 1 is 1.12 bits per heavy atom. The third kappa shape index (κ3) is 4.88. The van der Waals surface area contributed by atoms with Crippen LogP contribution in [-0.4, -0.2) is 37.5 Å². The van der Waals surface area contributed by atoms with Gasteiger partial charge >= 0.3 is 5.97 Å². The first-order valence-corrected chi connectivity index (χ1v) is 8.89. The molecule has 0 amide bonds. The molecule has 1 N–H and O–H groups in total. The monoisotopic (exact) mass is 348 g/mol. The van der Waals surface area contributed by atoms with Gasteiger partial charge in [0, 0.05) is 17.4 Å². The number of carbonyl (C=O) groups excluding carboxylic acids is 2. The summed E-state index contributed by atoms with van der Waals surface area (Å²) in [6.07, 6.45) is 1.50. The molecule has 0 saturated carbocycles. The quantitative estimate of drug-likeness (QED) is 0.632. The Hall–Kier alpha value is -2.74. The maximum absolute atomic E-state index is 12.3. The fraction of sp³-hybridized carbons (Fsp3) is 0.188. The summed E-state index contributed by atoms with van der Waals surface area (Å²) in [4.78, 5) is 28.0. The number of sulfonamides is 1. The lowest BCUT2D eigenvalue weighted by Crippen LogP contribution is -2.24. The van der Waals surface area contributed by atoms with Gasteiger partial charge in [-0.15, -0.1) is 0 Å². The zero-order valence-corrected chi connectivity index (χ0v) is 13.9. The van der Waals surface area contributed by atoms with Crippen molar-refractivity contribution in [2.75, 3.05) is 11.0 Å². The summed E-state index contributed by atoms with van der Waals surface area (Å²) in [6.45, 7) is 1.46. The summed E-state index contributed by atoms with van der Waals surface area (Å²) in [5.41, 5.74) is 0.757. The second kappa shape index (κ2) is 7.22. The van der Waals surface area contributed by atoms with Crippen molar-refractivity contribution in [1.82, 2.24) is 4.98 Å². The molecule has 1 heterocycles. The first kappa shape index (κ1) is 17.6. The molecule has 1 aromatic carbocycles. The smallest absolute Gasteiger partial charge is 0.357 e. The summed E-state index contributed by atoms with van der Waals surface area (Å²) in [7, 11) is -3.38. The molecule has 0 bridgehead atoms. The third-order valence-electron chi connectivity index (χ3n) is 3.00. The molecule has 0 aliphatic heterocycles. The lowest BCUT2D eigenvalue weighted by atomic mass is 10.1. The number of Topliss-reactive ketones (excluding diaryl/α,β-unsaturated/α-hetero) is 1. The zero-order chi connectivity index (χ0) is 17.7. The molecule has 1 atom stereocenters. The van der Waals surface area contributed by atoms with Gasteiger partial charge in [0.2, 0.25) is 15.8 Å². The summed E-state index contributed by atoms with van der Waals surface area (Å²) >= 11 is 0. The number of nitrogens with zero attached hydrogens (tertiary/aromatic N) is 1. The molecule has 2 aromatic rings. The molecule has 0 aliphatic carbocycles. The number of hydrogen-bond acceptors (Lipinski definition) is 6. The molecule has 0 aliphatic rings. The average Bonchev–Trinajstić information content (AvgIpc) is 2.54. The second-order valence-electron chi connectivity index (χ2n) is 5.08. The van der Waals surface area contributed by atoms with Crippen molar-refractivity contribution in [3.05, 3.63) is 59.9 Å². The minimum atomic E-state index is -3.38. The zero-order valence-electron chi connectivity index (χ0n) is 13.1. The Kier molecular flexibility index (Phi) is 5.30. The molecular formula is C16H16N2O5S. The van der Waals surface area contributed by atoms with E-state index >= 15 is 0 Å². The van der Waals surface area contributed by atoms with Crippen LogP contribution in [0.2, 0.25) is 0 Å². The van der Waals surface area contributed by atoms with Gasteiger partial charge in [0.05, 0.1) is 6.26 Å². The average molecular weight is 348 g/mol. The van der Waals surface area contributed by atoms with Crippen LogP contribution in [0.25, 0.3) is 0 Å². The summed E-state index contributed by atoms with van der Waals surface area (Å²) in [5, 5.41) is 0. The van der Waals surface area contributed by atoms with E-state index in [1.54, 1.807) is 12.1 Å². The molecule has 8 heteroatoms. The number of ketones is 1. The minimum Gasteiger partial charge on any atom is -0.450 e. The first-order valence-electron chi connectivity index (χ1n) is 7.00. The second-order valence-corrected chi connectivity index (χ2v) is 6.83. The standard InChI is InChI=1S/C16H16N2O5S/c1-11(23-16(20)14-5-3-4-10-17-14)15(19)12-6-8-13(9-7-12)18-24(2,21)22/h3-11,18H,1-2H3/t11-/m0/s1. The predicted octanol–water partition coefficient (Wildman–Crippen LogP) is 1.88. The highest BCUT2D eigenvalue weighted by atomic mass is 32.2. The molecule has 1 aromatic heterocycles. The number of pyridine rings is 1. The first-order chi connectivity index (χ1) is 11.3. The van der Waals surface area contributed by atoms with Gasteiger partial charge in [-0.3, -0.25) is 9.52 Å². The highest BCUT2D eigenvalue weighted by Gasteiger charge is 2.21. The number of rotatable bonds is 6. The number of esters is 1. The predicted molar refractivity (Wildman–Crippen MR) is 88.4 cm³/mol. The van der Waals surface area contributed by atoms with Gasteiger partial charge in [0.1, 0.15) is 5.69 Å². The number of benzene rings is 1. The van der Waals surface area contributed by atoms with E-state index in [1.165, 1.54) is 43.5 Å². The van der Waals surface area contributed by atoms with Gasteiger partial charge in [0.15, 0.2) is 6.10 Å². The molecule has 0 spiro atoms.